The third kappa shape index (κ3) is 3.86. The maximum Gasteiger partial charge on any atom is 0.212 e. The number of methoxy groups -OCH3 is 1. The molecule has 1 aromatic carbocycles. The van der Waals surface area contributed by atoms with Crippen LogP contribution in [-0.4, -0.2) is 19.0 Å². The van der Waals surface area contributed by atoms with Gasteiger partial charge in [-0.1, -0.05) is 0 Å². The predicted molar refractivity (Wildman–Crippen MR) is 63.0 cm³/mol. The number of nitrogens with zero attached hydrogens (tertiary/aromatic N) is 1. The van der Waals surface area contributed by atoms with Gasteiger partial charge < -0.3 is 16.2 Å². The first kappa shape index (κ1) is 13.2. The summed E-state index contributed by atoms with van der Waals surface area (Å²) in [5.74, 6) is 0.126. The standard InChI is InChI=1S/C9H12N4O.ClH/c1-14-8(10)6-2-4-7(5-3-6)13-9(11)12;/h2-5,10H,1H3,(H4,11,12,13);1H. The summed E-state index contributed by atoms with van der Waals surface area (Å²) < 4.78 is 4.76. The Morgan fingerprint density at radius 3 is 2.20 bits per heavy atom. The van der Waals surface area contributed by atoms with Crippen LogP contribution in [0, 0.1) is 5.41 Å². The van der Waals surface area contributed by atoms with Crippen LogP contribution in [0.15, 0.2) is 29.3 Å². The predicted octanol–water partition coefficient (Wildman–Crippen LogP) is 0.985. The lowest BCUT2D eigenvalue weighted by Crippen LogP contribution is -2.21. The molecule has 5 N–H and O–H groups in total. The largest absolute Gasteiger partial charge is 0.481 e. The van der Waals surface area contributed by atoms with Crippen molar-refractivity contribution in [3.8, 4) is 0 Å². The van der Waals surface area contributed by atoms with Crippen LogP contribution in [-0.2, 0) is 4.74 Å². The molecule has 0 bridgehead atoms. The van der Waals surface area contributed by atoms with E-state index in [1.807, 2.05) is 0 Å². The average Bonchev–Trinajstić information content (AvgIpc) is 2.17. The van der Waals surface area contributed by atoms with Crippen LogP contribution in [0.25, 0.3) is 0 Å². The summed E-state index contributed by atoms with van der Waals surface area (Å²) in [7, 11) is 1.45. The van der Waals surface area contributed by atoms with Crippen LogP contribution in [0.3, 0.4) is 0 Å². The number of rotatable bonds is 2. The minimum atomic E-state index is 0. The minimum Gasteiger partial charge on any atom is -0.481 e. The smallest absolute Gasteiger partial charge is 0.212 e. The monoisotopic (exact) mass is 228 g/mol. The average molecular weight is 229 g/mol. The van der Waals surface area contributed by atoms with Crippen LogP contribution >= 0.6 is 12.4 Å². The maximum absolute atomic E-state index is 7.38. The zero-order valence-electron chi connectivity index (χ0n) is 8.23. The normalized spacial score (nSPS) is 8.60. The van der Waals surface area contributed by atoms with Crippen LogP contribution in [0.1, 0.15) is 5.56 Å². The van der Waals surface area contributed by atoms with Gasteiger partial charge in [0.05, 0.1) is 12.8 Å². The van der Waals surface area contributed by atoms with Crippen LogP contribution in [0.4, 0.5) is 5.69 Å². The second-order valence-electron chi connectivity index (χ2n) is 2.62. The Labute approximate surface area is 94.1 Å². The van der Waals surface area contributed by atoms with Crippen molar-refractivity contribution >= 4 is 30.0 Å². The van der Waals surface area contributed by atoms with E-state index in [0.29, 0.717) is 11.3 Å². The lowest BCUT2D eigenvalue weighted by atomic mass is 10.2. The second-order valence-corrected chi connectivity index (χ2v) is 2.62. The van der Waals surface area contributed by atoms with Gasteiger partial charge in [0.1, 0.15) is 0 Å². The molecule has 1 aromatic rings. The van der Waals surface area contributed by atoms with Crippen molar-refractivity contribution < 1.29 is 4.74 Å². The van der Waals surface area contributed by atoms with Gasteiger partial charge >= 0.3 is 0 Å². The van der Waals surface area contributed by atoms with Gasteiger partial charge in [0.2, 0.25) is 5.90 Å². The van der Waals surface area contributed by atoms with E-state index in [4.69, 9.17) is 21.6 Å². The van der Waals surface area contributed by atoms with Crippen molar-refractivity contribution in [2.45, 2.75) is 0 Å². The van der Waals surface area contributed by atoms with Gasteiger partial charge in [-0.2, -0.15) is 0 Å². The molecular formula is C9H13ClN4O. The molecule has 0 aliphatic heterocycles. The summed E-state index contributed by atoms with van der Waals surface area (Å²) in [5.41, 5.74) is 11.8. The molecule has 0 fully saturated rings. The Morgan fingerprint density at radius 1 is 1.27 bits per heavy atom. The van der Waals surface area contributed by atoms with Crippen molar-refractivity contribution in [1.29, 1.82) is 5.41 Å². The lowest BCUT2D eigenvalue weighted by molar-refractivity contribution is 0.401. The van der Waals surface area contributed by atoms with Crippen molar-refractivity contribution in [3.05, 3.63) is 29.8 Å². The van der Waals surface area contributed by atoms with Gasteiger partial charge in [-0.05, 0) is 24.3 Å². The Morgan fingerprint density at radius 2 is 1.80 bits per heavy atom. The fourth-order valence-electron chi connectivity index (χ4n) is 0.954. The third-order valence-electron chi connectivity index (χ3n) is 1.59. The number of halogens is 1. The molecule has 15 heavy (non-hydrogen) atoms. The number of benzene rings is 1. The van der Waals surface area contributed by atoms with E-state index in [1.165, 1.54) is 7.11 Å². The first-order valence-electron chi connectivity index (χ1n) is 3.96. The summed E-state index contributed by atoms with van der Waals surface area (Å²) >= 11 is 0. The molecule has 6 heteroatoms. The van der Waals surface area contributed by atoms with E-state index < -0.39 is 0 Å². The summed E-state index contributed by atoms with van der Waals surface area (Å²) in [6, 6.07) is 6.85. The molecule has 0 saturated carbocycles. The second kappa shape index (κ2) is 5.87. The zero-order valence-corrected chi connectivity index (χ0v) is 9.04. The fourth-order valence-corrected chi connectivity index (χ4v) is 0.954. The summed E-state index contributed by atoms with van der Waals surface area (Å²) in [4.78, 5) is 3.85. The molecule has 0 amide bonds. The van der Waals surface area contributed by atoms with Crippen molar-refractivity contribution in [1.82, 2.24) is 0 Å². The molecule has 0 saturated heterocycles. The van der Waals surface area contributed by atoms with Crippen LogP contribution in [0.5, 0.6) is 0 Å². The molecule has 0 atom stereocenters. The third-order valence-corrected chi connectivity index (χ3v) is 1.59. The quantitative estimate of drug-likeness (QED) is 0.520. The van der Waals surface area contributed by atoms with E-state index in [-0.39, 0.29) is 24.3 Å². The van der Waals surface area contributed by atoms with Gasteiger partial charge in [-0.3, -0.25) is 5.41 Å². The topological polar surface area (TPSA) is 97.5 Å². The first-order chi connectivity index (χ1) is 6.63. The highest BCUT2D eigenvalue weighted by molar-refractivity contribution is 5.91. The van der Waals surface area contributed by atoms with Gasteiger partial charge in [0.15, 0.2) is 5.96 Å². The van der Waals surface area contributed by atoms with Gasteiger partial charge in [0.25, 0.3) is 0 Å². The molecule has 0 aromatic heterocycles. The number of nitrogens with one attached hydrogen (secondary N) is 1. The van der Waals surface area contributed by atoms with E-state index in [0.717, 1.165) is 0 Å². The molecule has 0 radical (unpaired) electrons. The zero-order chi connectivity index (χ0) is 10.6. The van der Waals surface area contributed by atoms with Crippen molar-refractivity contribution in [2.24, 2.45) is 16.5 Å². The summed E-state index contributed by atoms with van der Waals surface area (Å²) in [5, 5.41) is 7.38. The highest BCUT2D eigenvalue weighted by Crippen LogP contribution is 2.12. The minimum absolute atomic E-state index is 0. The Hall–Kier alpha value is -1.75. The van der Waals surface area contributed by atoms with Gasteiger partial charge in [0, 0.05) is 5.56 Å². The van der Waals surface area contributed by atoms with Gasteiger partial charge in [-0.25, -0.2) is 4.99 Å². The highest BCUT2D eigenvalue weighted by atomic mass is 35.5. The number of aliphatic imine (C=N–C) groups is 1. The molecule has 0 unspecified atom stereocenters. The number of ether oxygens (including phenoxy) is 1. The number of hydrogen-bond acceptors (Lipinski definition) is 3. The van der Waals surface area contributed by atoms with E-state index in [9.17, 15) is 0 Å². The Balaban J connectivity index is 0.00000196. The Bertz CT molecular complexity index is 357. The van der Waals surface area contributed by atoms with Crippen LogP contribution < -0.4 is 11.5 Å². The Kier molecular flexibility index (Phi) is 5.19. The number of hydrogen-bond donors (Lipinski definition) is 3. The number of guanidine groups is 1. The summed E-state index contributed by atoms with van der Waals surface area (Å²) in [6.07, 6.45) is 0. The number of nitrogens with two attached hydrogens (primary N) is 2. The molecule has 0 aliphatic rings. The van der Waals surface area contributed by atoms with Crippen molar-refractivity contribution in [3.63, 3.8) is 0 Å². The summed E-state index contributed by atoms with van der Waals surface area (Å²) in [6.45, 7) is 0. The van der Waals surface area contributed by atoms with Gasteiger partial charge in [-0.15, -0.1) is 12.4 Å². The molecular weight excluding hydrogens is 216 g/mol. The fraction of sp³-hybridized carbons (Fsp3) is 0.111. The molecule has 0 spiro atoms. The highest BCUT2D eigenvalue weighted by Gasteiger charge is 1.99. The lowest BCUT2D eigenvalue weighted by Gasteiger charge is -2.01. The first-order valence-corrected chi connectivity index (χ1v) is 3.96. The van der Waals surface area contributed by atoms with E-state index in [2.05, 4.69) is 4.99 Å². The van der Waals surface area contributed by atoms with E-state index >= 15 is 0 Å². The maximum atomic E-state index is 7.38. The van der Waals surface area contributed by atoms with E-state index in [1.54, 1.807) is 24.3 Å². The molecule has 1 rings (SSSR count). The molecule has 82 valence electrons. The van der Waals surface area contributed by atoms with Crippen LogP contribution in [0.2, 0.25) is 0 Å². The molecule has 0 aliphatic carbocycles. The van der Waals surface area contributed by atoms with Crippen molar-refractivity contribution in [2.75, 3.05) is 7.11 Å². The molecule has 0 heterocycles. The molecule has 5 nitrogen and oxygen atoms in total. The SMILES string of the molecule is COC(=N)c1ccc(N=C(N)N)cc1.Cl.